The van der Waals surface area contributed by atoms with Crippen LogP contribution >= 0.6 is 0 Å². The van der Waals surface area contributed by atoms with E-state index in [0.717, 1.165) is 19.5 Å². The van der Waals surface area contributed by atoms with Crippen LogP contribution in [-0.2, 0) is 10.2 Å². The highest BCUT2D eigenvalue weighted by Crippen LogP contribution is 2.36. The lowest BCUT2D eigenvalue weighted by molar-refractivity contribution is 0.299. The Hall–Kier alpha value is -0.170. The van der Waals surface area contributed by atoms with Gasteiger partial charge >= 0.3 is 0 Å². The highest BCUT2D eigenvalue weighted by Gasteiger charge is 2.48. The Kier molecular flexibility index (Phi) is 4.31. The van der Waals surface area contributed by atoms with Crippen LogP contribution in [0.25, 0.3) is 0 Å². The Morgan fingerprint density at radius 3 is 2.44 bits per heavy atom. The number of rotatable bonds is 5. The molecule has 0 aliphatic carbocycles. The third-order valence-electron chi connectivity index (χ3n) is 4.42. The molecule has 1 N–H and O–H groups in total. The predicted octanol–water partition coefficient (Wildman–Crippen LogP) is 0.503. The van der Waals surface area contributed by atoms with Crippen LogP contribution in [0.2, 0.25) is 0 Å². The molecule has 2 heterocycles. The predicted molar refractivity (Wildman–Crippen MR) is 72.5 cm³/mol. The molecule has 0 radical (unpaired) electrons. The Morgan fingerprint density at radius 2 is 1.89 bits per heavy atom. The molecule has 0 spiro atoms. The smallest absolute Gasteiger partial charge is 0.282 e. The number of hydrogen-bond donors (Lipinski definition) is 1. The summed E-state index contributed by atoms with van der Waals surface area (Å²) in [7, 11) is -3.27. The van der Waals surface area contributed by atoms with Crippen LogP contribution < -0.4 is 5.32 Å². The number of nitrogens with zero attached hydrogens (tertiary/aromatic N) is 2. The van der Waals surface area contributed by atoms with E-state index in [1.165, 1.54) is 0 Å². The average Bonchev–Trinajstić information content (AvgIpc) is 2.89. The molecule has 0 saturated carbocycles. The molecule has 2 aliphatic heterocycles. The fourth-order valence-electron chi connectivity index (χ4n) is 3.45. The summed E-state index contributed by atoms with van der Waals surface area (Å²) in [6.45, 7) is 9.63. The molecule has 6 heteroatoms. The maximum atomic E-state index is 12.6. The standard InChI is InChI=1S/C12H25N3O2S/c1-4-12-11-8-13-7-10(11)9-15(12)18(16,17)14(5-2)6-3/h10-13H,4-9H2,1-3H3. The molecule has 0 aromatic rings. The number of nitrogens with one attached hydrogen (secondary N) is 1. The molecule has 2 aliphatic rings. The molecule has 106 valence electrons. The van der Waals surface area contributed by atoms with Crippen molar-refractivity contribution in [1.82, 2.24) is 13.9 Å². The van der Waals surface area contributed by atoms with Gasteiger partial charge in [-0.05, 0) is 31.3 Å². The van der Waals surface area contributed by atoms with Crippen molar-refractivity contribution in [2.45, 2.75) is 33.2 Å². The molecule has 2 saturated heterocycles. The largest absolute Gasteiger partial charge is 0.316 e. The van der Waals surface area contributed by atoms with Gasteiger partial charge in [-0.15, -0.1) is 0 Å². The van der Waals surface area contributed by atoms with Crippen LogP contribution in [0.3, 0.4) is 0 Å². The summed E-state index contributed by atoms with van der Waals surface area (Å²) in [4.78, 5) is 0. The van der Waals surface area contributed by atoms with E-state index in [1.807, 2.05) is 13.8 Å². The lowest BCUT2D eigenvalue weighted by atomic mass is 9.93. The minimum Gasteiger partial charge on any atom is -0.316 e. The third kappa shape index (κ3) is 2.19. The molecule has 5 nitrogen and oxygen atoms in total. The molecule has 0 aromatic heterocycles. The van der Waals surface area contributed by atoms with Crippen LogP contribution in [-0.4, -0.2) is 55.8 Å². The Balaban J connectivity index is 2.22. The SMILES string of the molecule is CCC1C2CNCC2CN1S(=O)(=O)N(CC)CC. The van der Waals surface area contributed by atoms with Gasteiger partial charge in [-0.2, -0.15) is 17.0 Å². The lowest BCUT2D eigenvalue weighted by Gasteiger charge is -2.31. The van der Waals surface area contributed by atoms with Crippen molar-refractivity contribution >= 4 is 10.2 Å². The fraction of sp³-hybridized carbons (Fsp3) is 1.00. The van der Waals surface area contributed by atoms with Gasteiger partial charge in [-0.1, -0.05) is 20.8 Å². The second kappa shape index (κ2) is 5.45. The Bertz CT molecular complexity index is 381. The molecule has 0 aromatic carbocycles. The molecular formula is C12H25N3O2S. The molecule has 2 rings (SSSR count). The van der Waals surface area contributed by atoms with Gasteiger partial charge < -0.3 is 5.32 Å². The van der Waals surface area contributed by atoms with Crippen LogP contribution in [0.1, 0.15) is 27.2 Å². The van der Waals surface area contributed by atoms with E-state index in [2.05, 4.69) is 12.2 Å². The Labute approximate surface area is 111 Å². The maximum Gasteiger partial charge on any atom is 0.282 e. The van der Waals surface area contributed by atoms with Gasteiger partial charge in [0.15, 0.2) is 0 Å². The van der Waals surface area contributed by atoms with E-state index in [9.17, 15) is 8.42 Å². The minimum atomic E-state index is -3.27. The van der Waals surface area contributed by atoms with E-state index >= 15 is 0 Å². The highest BCUT2D eigenvalue weighted by atomic mass is 32.2. The fourth-order valence-corrected chi connectivity index (χ4v) is 5.43. The molecule has 0 bridgehead atoms. The summed E-state index contributed by atoms with van der Waals surface area (Å²) < 4.78 is 28.6. The summed E-state index contributed by atoms with van der Waals surface area (Å²) in [5.41, 5.74) is 0. The van der Waals surface area contributed by atoms with Gasteiger partial charge in [0.1, 0.15) is 0 Å². The number of fused-ring (bicyclic) bond motifs is 1. The van der Waals surface area contributed by atoms with Crippen LogP contribution in [0.5, 0.6) is 0 Å². The molecule has 3 atom stereocenters. The monoisotopic (exact) mass is 275 g/mol. The Morgan fingerprint density at radius 1 is 1.22 bits per heavy atom. The van der Waals surface area contributed by atoms with Crippen molar-refractivity contribution in [3.63, 3.8) is 0 Å². The van der Waals surface area contributed by atoms with Gasteiger partial charge in [-0.3, -0.25) is 0 Å². The van der Waals surface area contributed by atoms with Gasteiger partial charge in [-0.25, -0.2) is 0 Å². The summed E-state index contributed by atoms with van der Waals surface area (Å²) in [6.07, 6.45) is 0.906. The highest BCUT2D eigenvalue weighted by molar-refractivity contribution is 7.86. The zero-order valence-corrected chi connectivity index (χ0v) is 12.4. The molecule has 0 amide bonds. The summed E-state index contributed by atoms with van der Waals surface area (Å²) >= 11 is 0. The van der Waals surface area contributed by atoms with E-state index in [4.69, 9.17) is 0 Å². The number of hydrogen-bond acceptors (Lipinski definition) is 3. The summed E-state index contributed by atoms with van der Waals surface area (Å²) in [5, 5.41) is 3.38. The van der Waals surface area contributed by atoms with Gasteiger partial charge in [0.05, 0.1) is 0 Å². The van der Waals surface area contributed by atoms with Crippen molar-refractivity contribution < 1.29 is 8.42 Å². The topological polar surface area (TPSA) is 52.7 Å². The third-order valence-corrected chi connectivity index (χ3v) is 6.60. The average molecular weight is 275 g/mol. The first-order valence-corrected chi connectivity index (χ1v) is 8.43. The zero-order valence-electron chi connectivity index (χ0n) is 11.6. The second-order valence-corrected chi connectivity index (χ2v) is 7.10. The van der Waals surface area contributed by atoms with Gasteiger partial charge in [0.2, 0.25) is 0 Å². The first-order chi connectivity index (χ1) is 8.56. The minimum absolute atomic E-state index is 0.176. The van der Waals surface area contributed by atoms with E-state index in [0.29, 0.717) is 31.5 Å². The summed E-state index contributed by atoms with van der Waals surface area (Å²) in [6, 6.07) is 0.176. The molecular weight excluding hydrogens is 250 g/mol. The van der Waals surface area contributed by atoms with Crippen molar-refractivity contribution in [1.29, 1.82) is 0 Å². The first kappa shape index (κ1) is 14.2. The van der Waals surface area contributed by atoms with Crippen LogP contribution in [0, 0.1) is 11.8 Å². The van der Waals surface area contributed by atoms with E-state index in [1.54, 1.807) is 8.61 Å². The normalized spacial score (nSPS) is 33.2. The lowest BCUT2D eigenvalue weighted by Crippen LogP contribution is -2.47. The van der Waals surface area contributed by atoms with E-state index < -0.39 is 10.2 Å². The van der Waals surface area contributed by atoms with Gasteiger partial charge in [0, 0.05) is 25.7 Å². The molecule has 2 fully saturated rings. The first-order valence-electron chi connectivity index (χ1n) is 7.03. The van der Waals surface area contributed by atoms with Crippen LogP contribution in [0.15, 0.2) is 0 Å². The van der Waals surface area contributed by atoms with E-state index in [-0.39, 0.29) is 6.04 Å². The van der Waals surface area contributed by atoms with Crippen LogP contribution in [0.4, 0.5) is 0 Å². The van der Waals surface area contributed by atoms with Crippen molar-refractivity contribution in [3.05, 3.63) is 0 Å². The van der Waals surface area contributed by atoms with Crippen molar-refractivity contribution in [3.8, 4) is 0 Å². The van der Waals surface area contributed by atoms with Crippen molar-refractivity contribution in [2.24, 2.45) is 11.8 Å². The maximum absolute atomic E-state index is 12.6. The quantitative estimate of drug-likeness (QED) is 0.795. The summed E-state index contributed by atoms with van der Waals surface area (Å²) in [5.74, 6) is 1.00. The van der Waals surface area contributed by atoms with Crippen molar-refractivity contribution in [2.75, 3.05) is 32.7 Å². The second-order valence-electron chi connectivity index (χ2n) is 5.22. The zero-order chi connectivity index (χ0) is 13.3. The van der Waals surface area contributed by atoms with Gasteiger partial charge in [0.25, 0.3) is 10.2 Å². The molecule has 18 heavy (non-hydrogen) atoms. The molecule has 3 unspecified atom stereocenters.